The largest absolute Gasteiger partial charge is 0.369 e. The third kappa shape index (κ3) is 2.35. The minimum atomic E-state index is -0.537. The zero-order chi connectivity index (χ0) is 13.4. The SMILES string of the molecule is NC(=O)C1CC(=O)N(c2c(Cl)cc(F)cc2Br)C1. The highest BCUT2D eigenvalue weighted by Gasteiger charge is 2.35. The minimum absolute atomic E-state index is 0.0511. The van der Waals surface area contributed by atoms with Crippen molar-refractivity contribution in [3.63, 3.8) is 0 Å². The zero-order valence-corrected chi connectivity index (χ0v) is 11.5. The first-order valence-corrected chi connectivity index (χ1v) is 6.31. The molecule has 0 saturated carbocycles. The molecule has 2 rings (SSSR count). The maximum Gasteiger partial charge on any atom is 0.227 e. The Labute approximate surface area is 116 Å². The summed E-state index contributed by atoms with van der Waals surface area (Å²) in [5, 5.41) is 0.111. The molecule has 18 heavy (non-hydrogen) atoms. The standard InChI is InChI=1S/C11H9BrClFN2O2/c12-7-2-6(14)3-8(13)10(7)16-4-5(11(15)18)1-9(16)17/h2-3,5H,1,4H2,(H2,15,18). The number of carbonyl (C=O) groups is 2. The molecule has 2 amide bonds. The van der Waals surface area contributed by atoms with E-state index in [0.29, 0.717) is 10.2 Å². The molecule has 1 fully saturated rings. The van der Waals surface area contributed by atoms with Crippen LogP contribution in [0.4, 0.5) is 10.1 Å². The molecular formula is C11H9BrClFN2O2. The van der Waals surface area contributed by atoms with Gasteiger partial charge in [-0.1, -0.05) is 11.6 Å². The van der Waals surface area contributed by atoms with Gasteiger partial charge in [-0.15, -0.1) is 0 Å². The lowest BCUT2D eigenvalue weighted by atomic mass is 10.1. The Hall–Kier alpha value is -1.14. The van der Waals surface area contributed by atoms with Crippen LogP contribution in [0.2, 0.25) is 5.02 Å². The molecule has 0 bridgehead atoms. The van der Waals surface area contributed by atoms with Crippen LogP contribution in [-0.2, 0) is 9.59 Å². The van der Waals surface area contributed by atoms with Crippen LogP contribution in [0.3, 0.4) is 0 Å². The van der Waals surface area contributed by atoms with E-state index in [-0.39, 0.29) is 23.9 Å². The lowest BCUT2D eigenvalue weighted by Gasteiger charge is -2.19. The topological polar surface area (TPSA) is 63.4 Å². The van der Waals surface area contributed by atoms with E-state index in [1.807, 2.05) is 0 Å². The number of rotatable bonds is 2. The second-order valence-electron chi connectivity index (χ2n) is 4.03. The highest BCUT2D eigenvalue weighted by molar-refractivity contribution is 9.10. The number of anilines is 1. The Balaban J connectivity index is 2.39. The molecule has 1 aromatic rings. The van der Waals surface area contributed by atoms with Crippen molar-refractivity contribution in [1.29, 1.82) is 0 Å². The number of hydrogen-bond donors (Lipinski definition) is 1. The molecular weight excluding hydrogens is 326 g/mol. The average Bonchev–Trinajstić information content (AvgIpc) is 2.59. The Morgan fingerprint density at radius 2 is 2.22 bits per heavy atom. The predicted molar refractivity (Wildman–Crippen MR) is 68.8 cm³/mol. The third-order valence-corrected chi connectivity index (χ3v) is 3.67. The third-order valence-electron chi connectivity index (χ3n) is 2.78. The number of carbonyl (C=O) groups excluding carboxylic acids is 2. The number of halogens is 3. The highest BCUT2D eigenvalue weighted by Crippen LogP contribution is 2.38. The molecule has 1 atom stereocenters. The molecule has 4 nitrogen and oxygen atoms in total. The van der Waals surface area contributed by atoms with Gasteiger partial charge >= 0.3 is 0 Å². The minimum Gasteiger partial charge on any atom is -0.369 e. The van der Waals surface area contributed by atoms with Crippen LogP contribution in [0.1, 0.15) is 6.42 Å². The summed E-state index contributed by atoms with van der Waals surface area (Å²) < 4.78 is 13.5. The Kier molecular flexibility index (Phi) is 3.59. The lowest BCUT2D eigenvalue weighted by molar-refractivity contribution is -0.123. The Morgan fingerprint density at radius 3 is 2.72 bits per heavy atom. The van der Waals surface area contributed by atoms with E-state index in [2.05, 4.69) is 15.9 Å². The summed E-state index contributed by atoms with van der Waals surface area (Å²) >= 11 is 9.09. The number of hydrogen-bond acceptors (Lipinski definition) is 2. The van der Waals surface area contributed by atoms with Gasteiger partial charge < -0.3 is 10.6 Å². The van der Waals surface area contributed by atoms with E-state index >= 15 is 0 Å². The first kappa shape index (κ1) is 13.3. The van der Waals surface area contributed by atoms with E-state index in [1.54, 1.807) is 0 Å². The number of primary amides is 1. The van der Waals surface area contributed by atoms with Crippen molar-refractivity contribution in [3.05, 3.63) is 27.4 Å². The summed E-state index contributed by atoms with van der Waals surface area (Å²) in [7, 11) is 0. The van der Waals surface area contributed by atoms with Crippen LogP contribution < -0.4 is 10.6 Å². The van der Waals surface area contributed by atoms with E-state index < -0.39 is 17.6 Å². The molecule has 1 aromatic carbocycles. The fourth-order valence-corrected chi connectivity index (χ4v) is 2.98. The number of benzene rings is 1. The summed E-state index contributed by atoms with van der Waals surface area (Å²) in [5.74, 6) is -1.83. The molecule has 0 radical (unpaired) electrons. The van der Waals surface area contributed by atoms with Crippen LogP contribution in [0.25, 0.3) is 0 Å². The maximum atomic E-state index is 13.1. The molecule has 2 N–H and O–H groups in total. The van der Waals surface area contributed by atoms with Gasteiger partial charge in [-0.3, -0.25) is 9.59 Å². The predicted octanol–water partition coefficient (Wildman–Crippen LogP) is 2.08. The number of nitrogens with two attached hydrogens (primary N) is 1. The normalized spacial score (nSPS) is 19.4. The van der Waals surface area contributed by atoms with Gasteiger partial charge in [-0.25, -0.2) is 4.39 Å². The average molecular weight is 336 g/mol. The molecule has 1 aliphatic heterocycles. The van der Waals surface area contributed by atoms with E-state index in [4.69, 9.17) is 17.3 Å². The summed E-state index contributed by atoms with van der Waals surface area (Å²) in [4.78, 5) is 24.3. The van der Waals surface area contributed by atoms with Crippen molar-refractivity contribution >= 4 is 45.0 Å². The van der Waals surface area contributed by atoms with Crippen LogP contribution in [0.15, 0.2) is 16.6 Å². The van der Waals surface area contributed by atoms with Crippen LogP contribution in [-0.4, -0.2) is 18.4 Å². The van der Waals surface area contributed by atoms with E-state index in [9.17, 15) is 14.0 Å². The van der Waals surface area contributed by atoms with Gasteiger partial charge in [0.05, 0.1) is 16.6 Å². The molecule has 1 aliphatic rings. The molecule has 96 valence electrons. The quantitative estimate of drug-likeness (QED) is 0.899. The van der Waals surface area contributed by atoms with Gasteiger partial charge in [0.25, 0.3) is 0 Å². The lowest BCUT2D eigenvalue weighted by Crippen LogP contribution is -2.28. The van der Waals surface area contributed by atoms with Crippen LogP contribution in [0, 0.1) is 11.7 Å². The zero-order valence-electron chi connectivity index (χ0n) is 9.12. The fraction of sp³-hybridized carbons (Fsp3) is 0.273. The Bertz CT molecular complexity index is 515. The molecule has 7 heteroatoms. The van der Waals surface area contributed by atoms with Crippen molar-refractivity contribution in [2.24, 2.45) is 11.7 Å². The summed E-state index contributed by atoms with van der Waals surface area (Å²) in [6.07, 6.45) is 0.0511. The number of nitrogens with zero attached hydrogens (tertiary/aromatic N) is 1. The molecule has 0 spiro atoms. The van der Waals surface area contributed by atoms with Gasteiger partial charge in [0.2, 0.25) is 11.8 Å². The molecule has 0 aliphatic carbocycles. The summed E-state index contributed by atoms with van der Waals surface area (Å²) in [5.41, 5.74) is 5.55. The second kappa shape index (κ2) is 4.85. The first-order chi connectivity index (χ1) is 8.40. The fourth-order valence-electron chi connectivity index (χ4n) is 1.91. The summed E-state index contributed by atoms with van der Waals surface area (Å²) in [6, 6.07) is 2.33. The number of amides is 2. The molecule has 1 unspecified atom stereocenters. The van der Waals surface area contributed by atoms with Crippen molar-refractivity contribution < 1.29 is 14.0 Å². The van der Waals surface area contributed by atoms with Crippen LogP contribution in [0.5, 0.6) is 0 Å². The molecule has 1 heterocycles. The van der Waals surface area contributed by atoms with Crippen molar-refractivity contribution in [1.82, 2.24) is 0 Å². The van der Waals surface area contributed by atoms with E-state index in [1.165, 1.54) is 11.0 Å². The van der Waals surface area contributed by atoms with Crippen molar-refractivity contribution in [2.75, 3.05) is 11.4 Å². The smallest absolute Gasteiger partial charge is 0.227 e. The second-order valence-corrected chi connectivity index (χ2v) is 5.29. The van der Waals surface area contributed by atoms with Crippen molar-refractivity contribution in [2.45, 2.75) is 6.42 Å². The highest BCUT2D eigenvalue weighted by atomic mass is 79.9. The van der Waals surface area contributed by atoms with Gasteiger partial charge in [-0.2, -0.15) is 0 Å². The summed E-state index contributed by atoms with van der Waals surface area (Å²) in [6.45, 7) is 0.165. The molecule has 1 saturated heterocycles. The molecule has 0 aromatic heterocycles. The van der Waals surface area contributed by atoms with Gasteiger partial charge in [0, 0.05) is 17.4 Å². The van der Waals surface area contributed by atoms with Gasteiger partial charge in [0.1, 0.15) is 5.82 Å². The maximum absolute atomic E-state index is 13.1. The van der Waals surface area contributed by atoms with E-state index in [0.717, 1.165) is 6.07 Å². The van der Waals surface area contributed by atoms with Gasteiger partial charge in [-0.05, 0) is 28.1 Å². The first-order valence-electron chi connectivity index (χ1n) is 5.14. The van der Waals surface area contributed by atoms with Gasteiger partial charge in [0.15, 0.2) is 0 Å². The monoisotopic (exact) mass is 334 g/mol. The van der Waals surface area contributed by atoms with Crippen LogP contribution >= 0.6 is 27.5 Å². The van der Waals surface area contributed by atoms with Crippen molar-refractivity contribution in [3.8, 4) is 0 Å². The Morgan fingerprint density at radius 1 is 1.56 bits per heavy atom.